The highest BCUT2D eigenvalue weighted by Gasteiger charge is 2.23. The van der Waals surface area contributed by atoms with Gasteiger partial charge in [0, 0.05) is 16.8 Å². The first-order valence-corrected chi connectivity index (χ1v) is 8.03. The number of nitrogens with zero attached hydrogens (tertiary/aromatic N) is 1. The minimum absolute atomic E-state index is 0.510. The van der Waals surface area contributed by atoms with Crippen LogP contribution < -0.4 is 0 Å². The molecule has 0 aromatic rings. The Morgan fingerprint density at radius 2 is 1.75 bits per heavy atom. The van der Waals surface area contributed by atoms with Crippen molar-refractivity contribution in [3.05, 3.63) is 12.2 Å². The molecule has 1 fully saturated rings. The summed E-state index contributed by atoms with van der Waals surface area (Å²) < 4.78 is 0. The number of rotatable bonds is 6. The van der Waals surface area contributed by atoms with Crippen LogP contribution in [0.2, 0.25) is 5.04 Å². The predicted molar refractivity (Wildman–Crippen MR) is 77.3 cm³/mol. The summed E-state index contributed by atoms with van der Waals surface area (Å²) in [6, 6.07) is 0. The Balaban J connectivity index is 2.33. The first kappa shape index (κ1) is 14.0. The van der Waals surface area contributed by atoms with Crippen molar-refractivity contribution < 1.29 is 0 Å². The summed E-state index contributed by atoms with van der Waals surface area (Å²) in [4.78, 5) is 2.63. The minimum atomic E-state index is 0.510. The van der Waals surface area contributed by atoms with E-state index in [2.05, 4.69) is 25.3 Å². The van der Waals surface area contributed by atoms with Crippen molar-refractivity contribution in [2.45, 2.75) is 57.4 Å². The average molecular weight is 239 g/mol. The first-order chi connectivity index (χ1) is 7.62. The largest absolute Gasteiger partial charge is 0.303 e. The van der Waals surface area contributed by atoms with Crippen molar-refractivity contribution in [1.82, 2.24) is 4.90 Å². The van der Waals surface area contributed by atoms with E-state index in [0.717, 1.165) is 0 Å². The highest BCUT2D eigenvalue weighted by atomic mass is 28.1. The van der Waals surface area contributed by atoms with E-state index in [1.165, 1.54) is 74.0 Å². The minimum Gasteiger partial charge on any atom is -0.303 e. The molecular formula is C14H29NSi. The van der Waals surface area contributed by atoms with Crippen molar-refractivity contribution in [2.24, 2.45) is 0 Å². The molecule has 0 aromatic carbocycles. The molecule has 1 nitrogen and oxygen atoms in total. The van der Waals surface area contributed by atoms with Crippen molar-refractivity contribution in [3.8, 4) is 0 Å². The maximum Gasteiger partial charge on any atom is 0.0157 e. The van der Waals surface area contributed by atoms with Crippen molar-refractivity contribution in [3.63, 3.8) is 0 Å². The second-order valence-corrected chi connectivity index (χ2v) is 7.44. The van der Waals surface area contributed by atoms with E-state index in [9.17, 15) is 0 Å². The maximum atomic E-state index is 4.36. The van der Waals surface area contributed by atoms with Gasteiger partial charge in [0.05, 0.1) is 0 Å². The summed E-state index contributed by atoms with van der Waals surface area (Å²) in [5, 5.41) is 0.510. The van der Waals surface area contributed by atoms with E-state index in [1.54, 1.807) is 0 Å². The van der Waals surface area contributed by atoms with Crippen LogP contribution in [-0.2, 0) is 0 Å². The second kappa shape index (κ2) is 6.60. The maximum absolute atomic E-state index is 4.36. The topological polar surface area (TPSA) is 3.24 Å². The Labute approximate surface area is 105 Å². The molecule has 2 heteroatoms. The monoisotopic (exact) mass is 239 g/mol. The molecule has 0 unspecified atom stereocenters. The van der Waals surface area contributed by atoms with Crippen LogP contribution >= 0.6 is 0 Å². The van der Waals surface area contributed by atoms with Gasteiger partial charge in [-0.15, -0.1) is 0 Å². The predicted octanol–water partition coefficient (Wildman–Crippen LogP) is 2.76. The Morgan fingerprint density at radius 3 is 2.25 bits per heavy atom. The molecule has 0 amide bonds. The lowest BCUT2D eigenvalue weighted by atomic mass is 9.91. The fourth-order valence-electron chi connectivity index (χ4n) is 2.53. The van der Waals surface area contributed by atoms with Gasteiger partial charge in [-0.1, -0.05) is 45.3 Å². The molecular weight excluding hydrogens is 210 g/mol. The summed E-state index contributed by atoms with van der Waals surface area (Å²) in [6.07, 6.45) is 8.04. The van der Waals surface area contributed by atoms with Crippen LogP contribution in [-0.4, -0.2) is 34.8 Å². The van der Waals surface area contributed by atoms with Crippen LogP contribution in [0, 0.1) is 0 Å². The van der Waals surface area contributed by atoms with Gasteiger partial charge in [0.15, 0.2) is 0 Å². The molecule has 1 saturated heterocycles. The first-order valence-electron chi connectivity index (χ1n) is 7.03. The van der Waals surface area contributed by atoms with Gasteiger partial charge in [0.2, 0.25) is 0 Å². The molecule has 1 aliphatic heterocycles. The highest BCUT2D eigenvalue weighted by Crippen LogP contribution is 2.39. The third-order valence-corrected chi connectivity index (χ3v) is 6.71. The van der Waals surface area contributed by atoms with Gasteiger partial charge < -0.3 is 4.90 Å². The zero-order valence-electron chi connectivity index (χ0n) is 11.5. The van der Waals surface area contributed by atoms with E-state index in [1.807, 2.05) is 0 Å². The zero-order chi connectivity index (χ0) is 12.0. The molecule has 1 heterocycles. The van der Waals surface area contributed by atoms with Crippen molar-refractivity contribution >= 4 is 10.2 Å². The molecule has 1 rings (SSSR count). The number of piperidine rings is 1. The molecule has 0 spiro atoms. The lowest BCUT2D eigenvalue weighted by Crippen LogP contribution is -2.31. The summed E-state index contributed by atoms with van der Waals surface area (Å²) in [6.45, 7) is 12.9. The third-order valence-electron chi connectivity index (χ3n) is 4.59. The summed E-state index contributed by atoms with van der Waals surface area (Å²) in [5.41, 5.74) is 1.52. The van der Waals surface area contributed by atoms with Crippen LogP contribution in [0.4, 0.5) is 0 Å². The fraction of sp³-hybridized carbons (Fsp3) is 0.857. The van der Waals surface area contributed by atoms with Crippen LogP contribution in [0.5, 0.6) is 0 Å². The lowest BCUT2D eigenvalue weighted by Gasteiger charge is -2.32. The summed E-state index contributed by atoms with van der Waals surface area (Å²) in [7, 11) is 1.26. The molecule has 0 aromatic heterocycles. The van der Waals surface area contributed by atoms with Crippen LogP contribution in [0.15, 0.2) is 12.2 Å². The Morgan fingerprint density at radius 1 is 1.19 bits per heavy atom. The van der Waals surface area contributed by atoms with Gasteiger partial charge in [-0.3, -0.25) is 0 Å². The zero-order valence-corrected chi connectivity index (χ0v) is 13.5. The lowest BCUT2D eigenvalue weighted by molar-refractivity contribution is 0.229. The molecule has 0 bridgehead atoms. The Bertz CT molecular complexity index is 215. The standard InChI is InChI=1S/C14H29NSi/c1-4-14(16,5-2)13(3)9-12-15-10-7-6-8-11-15/h3-12H2,1-2,16H3. The molecule has 0 N–H and O–H groups in total. The average Bonchev–Trinajstić information content (AvgIpc) is 2.36. The quantitative estimate of drug-likeness (QED) is 0.509. The van der Waals surface area contributed by atoms with Gasteiger partial charge in [-0.25, -0.2) is 0 Å². The van der Waals surface area contributed by atoms with Crippen molar-refractivity contribution in [2.75, 3.05) is 19.6 Å². The van der Waals surface area contributed by atoms with Gasteiger partial charge >= 0.3 is 0 Å². The highest BCUT2D eigenvalue weighted by molar-refractivity contribution is 6.17. The van der Waals surface area contributed by atoms with E-state index < -0.39 is 0 Å². The van der Waals surface area contributed by atoms with Crippen LogP contribution in [0.1, 0.15) is 52.4 Å². The fourth-order valence-corrected chi connectivity index (χ4v) is 2.78. The second-order valence-electron chi connectivity index (χ2n) is 5.52. The normalized spacial score (nSPS) is 18.9. The van der Waals surface area contributed by atoms with Gasteiger partial charge in [-0.2, -0.15) is 0 Å². The van der Waals surface area contributed by atoms with Crippen LogP contribution in [0.3, 0.4) is 0 Å². The molecule has 0 atom stereocenters. The smallest absolute Gasteiger partial charge is 0.0157 e. The van der Waals surface area contributed by atoms with E-state index >= 15 is 0 Å². The molecule has 1 aliphatic rings. The Kier molecular flexibility index (Phi) is 5.77. The summed E-state index contributed by atoms with van der Waals surface area (Å²) >= 11 is 0. The van der Waals surface area contributed by atoms with Crippen molar-refractivity contribution in [1.29, 1.82) is 0 Å². The van der Waals surface area contributed by atoms with Gasteiger partial charge in [0.1, 0.15) is 0 Å². The van der Waals surface area contributed by atoms with Gasteiger partial charge in [0.25, 0.3) is 0 Å². The number of hydrogen-bond donors (Lipinski definition) is 0. The Hall–Kier alpha value is -0.0831. The SMILES string of the molecule is C=C(CCN1CCCCC1)C([SiH3])(CC)CC. The summed E-state index contributed by atoms with van der Waals surface area (Å²) in [5.74, 6) is 0. The third kappa shape index (κ3) is 3.74. The molecule has 0 saturated carbocycles. The van der Waals surface area contributed by atoms with E-state index in [0.29, 0.717) is 5.04 Å². The molecule has 0 aliphatic carbocycles. The van der Waals surface area contributed by atoms with Gasteiger partial charge in [-0.05, 0) is 37.4 Å². The van der Waals surface area contributed by atoms with Crippen LogP contribution in [0.25, 0.3) is 0 Å². The molecule has 16 heavy (non-hydrogen) atoms. The van der Waals surface area contributed by atoms with E-state index in [4.69, 9.17) is 0 Å². The molecule has 94 valence electrons. The van der Waals surface area contributed by atoms with E-state index in [-0.39, 0.29) is 0 Å². The number of likely N-dealkylation sites (tertiary alicyclic amines) is 1. The molecule has 0 radical (unpaired) electrons. The number of hydrogen-bond acceptors (Lipinski definition) is 1.